The van der Waals surface area contributed by atoms with Gasteiger partial charge in [0, 0.05) is 66.7 Å². The molecule has 39 heavy (non-hydrogen) atoms. The van der Waals surface area contributed by atoms with Gasteiger partial charge in [0.1, 0.15) is 29.4 Å². The molecular formula is C26H23Cl2N7O3S. The molecule has 0 amide bonds. The number of anilines is 1. The van der Waals surface area contributed by atoms with E-state index in [0.29, 0.717) is 70.2 Å². The van der Waals surface area contributed by atoms with Gasteiger partial charge in [-0.2, -0.15) is 10.4 Å². The largest absolute Gasteiger partial charge is 0.486 e. The lowest BCUT2D eigenvalue weighted by Gasteiger charge is -2.59. The summed E-state index contributed by atoms with van der Waals surface area (Å²) >= 11 is 12.6. The second kappa shape index (κ2) is 9.34. The molecule has 1 spiro atoms. The van der Waals surface area contributed by atoms with Gasteiger partial charge in [-0.05, 0) is 31.2 Å². The molecule has 4 aromatic rings. The van der Waals surface area contributed by atoms with Gasteiger partial charge >= 0.3 is 0 Å². The molecule has 0 aliphatic carbocycles. The molecule has 1 N–H and O–H groups in total. The third kappa shape index (κ3) is 4.57. The number of pyridine rings is 2. The van der Waals surface area contributed by atoms with Gasteiger partial charge in [0.05, 0.1) is 27.4 Å². The van der Waals surface area contributed by atoms with Crippen molar-refractivity contribution in [3.63, 3.8) is 0 Å². The van der Waals surface area contributed by atoms with Crippen LogP contribution < -0.4 is 9.64 Å². The fourth-order valence-electron chi connectivity index (χ4n) is 5.33. The summed E-state index contributed by atoms with van der Waals surface area (Å²) < 4.78 is 31.1. The molecule has 2 aliphatic rings. The third-order valence-corrected chi connectivity index (χ3v) is 9.05. The number of ether oxygens (including phenoxy) is 1. The molecule has 2 fully saturated rings. The SMILES string of the molecule is C[C@@H](Oc1ccc2[nH]nc(-c3cnc(N4CC5(C4)CN(S(C)(=O)=O)C5)c(C#N)c3)c2c1)c1c(Cl)cncc1Cl. The number of nitrogens with zero attached hydrogens (tertiary/aromatic N) is 6. The van der Waals surface area contributed by atoms with Gasteiger partial charge in [-0.3, -0.25) is 10.1 Å². The van der Waals surface area contributed by atoms with Crippen molar-refractivity contribution in [2.24, 2.45) is 5.41 Å². The van der Waals surface area contributed by atoms with Crippen molar-refractivity contribution >= 4 is 49.9 Å². The van der Waals surface area contributed by atoms with Crippen LogP contribution in [0.15, 0.2) is 42.9 Å². The van der Waals surface area contributed by atoms with Gasteiger partial charge in [-0.25, -0.2) is 17.7 Å². The molecule has 200 valence electrons. The fourth-order valence-corrected chi connectivity index (χ4v) is 7.02. The Morgan fingerprint density at radius 3 is 2.51 bits per heavy atom. The number of hydrogen-bond acceptors (Lipinski definition) is 8. The molecule has 0 bridgehead atoms. The van der Waals surface area contributed by atoms with E-state index in [9.17, 15) is 13.7 Å². The normalized spacial score (nSPS) is 17.5. The Morgan fingerprint density at radius 1 is 1.13 bits per heavy atom. The lowest BCUT2D eigenvalue weighted by atomic mass is 9.74. The highest BCUT2D eigenvalue weighted by Crippen LogP contribution is 2.43. The van der Waals surface area contributed by atoms with E-state index >= 15 is 0 Å². The lowest BCUT2D eigenvalue weighted by molar-refractivity contribution is 0.0395. The van der Waals surface area contributed by atoms with Crippen LogP contribution in [-0.2, 0) is 10.0 Å². The van der Waals surface area contributed by atoms with Crippen molar-refractivity contribution in [1.82, 2.24) is 24.5 Å². The van der Waals surface area contributed by atoms with Crippen LogP contribution in [0.2, 0.25) is 10.0 Å². The summed E-state index contributed by atoms with van der Waals surface area (Å²) in [5, 5.41) is 19.0. The number of H-pyrrole nitrogens is 1. The molecule has 1 atom stereocenters. The van der Waals surface area contributed by atoms with Crippen molar-refractivity contribution in [3.05, 3.63) is 64.0 Å². The maximum Gasteiger partial charge on any atom is 0.211 e. The Balaban J connectivity index is 1.23. The molecule has 6 rings (SSSR count). The van der Waals surface area contributed by atoms with E-state index < -0.39 is 16.1 Å². The van der Waals surface area contributed by atoms with Gasteiger partial charge in [0.2, 0.25) is 10.0 Å². The number of aromatic amines is 1. The van der Waals surface area contributed by atoms with Crippen LogP contribution >= 0.6 is 23.2 Å². The zero-order valence-corrected chi connectivity index (χ0v) is 23.3. The van der Waals surface area contributed by atoms with Crippen molar-refractivity contribution in [2.45, 2.75) is 13.0 Å². The molecule has 2 saturated heterocycles. The molecule has 10 nitrogen and oxygen atoms in total. The van der Waals surface area contributed by atoms with Crippen LogP contribution in [0, 0.1) is 16.7 Å². The number of aromatic nitrogens is 4. The summed E-state index contributed by atoms with van der Waals surface area (Å²) in [7, 11) is -3.17. The average molecular weight is 584 g/mol. The standard InChI is InChI=1S/C26H23Cl2N7O3S/c1-15(23-20(27)9-30-10-21(23)28)38-18-3-4-22-19(6-18)24(33-32-22)17-5-16(7-29)25(31-8-17)34-11-26(12-34)13-35(14-26)39(2,36)37/h3-6,8-10,15H,11-14H2,1-2H3,(H,32,33)/t15-/m1/s1. The van der Waals surface area contributed by atoms with Crippen LogP contribution in [0.5, 0.6) is 5.75 Å². The minimum atomic E-state index is -3.17. The predicted molar refractivity (Wildman–Crippen MR) is 148 cm³/mol. The minimum absolute atomic E-state index is 0.0627. The van der Waals surface area contributed by atoms with E-state index in [1.165, 1.54) is 23.0 Å². The number of halogens is 2. The molecule has 0 radical (unpaired) electrons. The fraction of sp³-hybridized carbons (Fsp3) is 0.308. The second-order valence-electron chi connectivity index (χ2n) is 10.2. The summed E-state index contributed by atoms with van der Waals surface area (Å²) in [5.74, 6) is 1.19. The van der Waals surface area contributed by atoms with Crippen LogP contribution in [0.3, 0.4) is 0 Å². The van der Waals surface area contributed by atoms with Gasteiger partial charge in [0.25, 0.3) is 0 Å². The Kier molecular flexibility index (Phi) is 6.19. The zero-order chi connectivity index (χ0) is 27.5. The number of benzene rings is 1. The minimum Gasteiger partial charge on any atom is -0.486 e. The van der Waals surface area contributed by atoms with E-state index in [0.717, 1.165) is 10.9 Å². The molecule has 2 aliphatic heterocycles. The molecule has 0 saturated carbocycles. The van der Waals surface area contributed by atoms with Gasteiger partial charge in [-0.1, -0.05) is 23.2 Å². The highest BCUT2D eigenvalue weighted by Gasteiger charge is 2.54. The van der Waals surface area contributed by atoms with Crippen molar-refractivity contribution < 1.29 is 13.2 Å². The van der Waals surface area contributed by atoms with Crippen LogP contribution in [0.1, 0.15) is 24.2 Å². The highest BCUT2D eigenvalue weighted by atomic mass is 35.5. The Bertz CT molecular complexity index is 1730. The number of nitrogens with one attached hydrogen (secondary N) is 1. The predicted octanol–water partition coefficient (Wildman–Crippen LogP) is 4.42. The first-order valence-electron chi connectivity index (χ1n) is 12.1. The molecule has 1 aromatic carbocycles. The number of nitriles is 1. The summed E-state index contributed by atoms with van der Waals surface area (Å²) in [6, 6.07) is 9.60. The smallest absolute Gasteiger partial charge is 0.211 e. The van der Waals surface area contributed by atoms with Crippen LogP contribution in [0.4, 0.5) is 5.82 Å². The third-order valence-electron chi connectivity index (χ3n) is 7.25. The quantitative estimate of drug-likeness (QED) is 0.353. The maximum absolute atomic E-state index is 11.7. The summed E-state index contributed by atoms with van der Waals surface area (Å²) in [5.41, 5.74) is 3.15. The molecule has 13 heteroatoms. The van der Waals surface area contributed by atoms with Gasteiger partial charge in [0.15, 0.2) is 0 Å². The number of fused-ring (bicyclic) bond motifs is 1. The Morgan fingerprint density at radius 2 is 1.85 bits per heavy atom. The van der Waals surface area contributed by atoms with Gasteiger partial charge < -0.3 is 9.64 Å². The van der Waals surface area contributed by atoms with E-state index in [4.69, 9.17) is 27.9 Å². The maximum atomic E-state index is 11.7. The molecule has 3 aromatic heterocycles. The number of sulfonamides is 1. The Hall–Kier alpha value is -3.43. The second-order valence-corrected chi connectivity index (χ2v) is 12.9. The van der Waals surface area contributed by atoms with E-state index in [-0.39, 0.29) is 5.41 Å². The van der Waals surface area contributed by atoms with Crippen molar-refractivity contribution in [3.8, 4) is 23.1 Å². The van der Waals surface area contributed by atoms with E-state index in [2.05, 4.69) is 26.2 Å². The van der Waals surface area contributed by atoms with Crippen LogP contribution in [0.25, 0.3) is 22.2 Å². The number of rotatable bonds is 6. The van der Waals surface area contributed by atoms with Crippen molar-refractivity contribution in [2.75, 3.05) is 37.3 Å². The zero-order valence-electron chi connectivity index (χ0n) is 21.0. The summed E-state index contributed by atoms with van der Waals surface area (Å²) in [4.78, 5) is 10.6. The summed E-state index contributed by atoms with van der Waals surface area (Å²) in [6.07, 6.45) is 5.56. The topological polar surface area (TPSA) is 128 Å². The summed E-state index contributed by atoms with van der Waals surface area (Å²) in [6.45, 7) is 4.19. The Labute approximate surface area is 235 Å². The monoisotopic (exact) mass is 583 g/mol. The first-order chi connectivity index (χ1) is 18.6. The first-order valence-corrected chi connectivity index (χ1v) is 14.7. The van der Waals surface area contributed by atoms with E-state index in [1.54, 1.807) is 12.3 Å². The lowest BCUT2D eigenvalue weighted by Crippen LogP contribution is -2.73. The molecule has 0 unspecified atom stereocenters. The number of hydrogen-bond donors (Lipinski definition) is 1. The highest BCUT2D eigenvalue weighted by molar-refractivity contribution is 7.88. The average Bonchev–Trinajstić information content (AvgIpc) is 3.25. The van der Waals surface area contributed by atoms with Crippen molar-refractivity contribution in [1.29, 1.82) is 5.26 Å². The van der Waals surface area contributed by atoms with Crippen LogP contribution in [-0.4, -0.2) is 65.3 Å². The molecule has 5 heterocycles. The molecular weight excluding hydrogens is 561 g/mol. The first kappa shape index (κ1) is 25.8. The van der Waals surface area contributed by atoms with Gasteiger partial charge in [-0.15, -0.1) is 0 Å². The van der Waals surface area contributed by atoms with E-state index in [1.807, 2.05) is 30.0 Å².